The van der Waals surface area contributed by atoms with Crippen molar-refractivity contribution in [1.82, 2.24) is 0 Å². The number of nitrogens with one attached hydrogen (secondary N) is 1. The lowest BCUT2D eigenvalue weighted by atomic mass is 9.46. The molecule has 0 unspecified atom stereocenters. The van der Waals surface area contributed by atoms with Gasteiger partial charge in [0.15, 0.2) is 0 Å². The molecule has 2 saturated carbocycles. The van der Waals surface area contributed by atoms with E-state index in [0.29, 0.717) is 11.8 Å². The van der Waals surface area contributed by atoms with Crippen LogP contribution in [0.4, 0.5) is 5.69 Å². The molecule has 3 rings (SSSR count). The Balaban J connectivity index is 1.66. The summed E-state index contributed by atoms with van der Waals surface area (Å²) in [6, 6.07) is 9.56. The summed E-state index contributed by atoms with van der Waals surface area (Å²) in [6.07, 6.45) is 7.56. The molecule has 3 nitrogen and oxygen atoms in total. The molecule has 0 aliphatic heterocycles. The second kappa shape index (κ2) is 8.47. The minimum Gasteiger partial charge on any atom is -0.393 e. The predicted octanol–water partition coefficient (Wildman–Crippen LogP) is 6.12. The van der Waals surface area contributed by atoms with E-state index in [-0.39, 0.29) is 22.8 Å². The van der Waals surface area contributed by atoms with Gasteiger partial charge in [0, 0.05) is 11.8 Å². The fourth-order valence-corrected chi connectivity index (χ4v) is 6.07. The zero-order chi connectivity index (χ0) is 21.2. The summed E-state index contributed by atoms with van der Waals surface area (Å²) >= 11 is 0. The number of aliphatic hydroxyl groups is 1. The van der Waals surface area contributed by atoms with Gasteiger partial charge in [0.1, 0.15) is 0 Å². The van der Waals surface area contributed by atoms with Crippen molar-refractivity contribution < 1.29 is 9.90 Å². The first-order valence-electron chi connectivity index (χ1n) is 11.0. The van der Waals surface area contributed by atoms with Gasteiger partial charge in [0.05, 0.1) is 6.10 Å². The lowest BCUT2D eigenvalue weighted by Gasteiger charge is -2.59. The third kappa shape index (κ3) is 4.50. The molecule has 4 atom stereocenters. The normalized spacial score (nSPS) is 31.8. The molecule has 0 bridgehead atoms. The molecule has 2 N–H and O–H groups in total. The first-order chi connectivity index (χ1) is 13.6. The quantitative estimate of drug-likeness (QED) is 0.466. The van der Waals surface area contributed by atoms with Crippen molar-refractivity contribution in [3.63, 3.8) is 0 Å². The van der Waals surface area contributed by atoms with Crippen LogP contribution in [-0.4, -0.2) is 17.1 Å². The SMILES string of the molecule is C=C1CC[C@@H]2C(C)(C)[C@H](O)CC[C@@]2(C)[C@@H]1CC/C(C)=C/C(=O)Nc1ccccc1. The van der Waals surface area contributed by atoms with Gasteiger partial charge in [0.25, 0.3) is 0 Å². The smallest absolute Gasteiger partial charge is 0.248 e. The molecule has 1 aromatic carbocycles. The lowest BCUT2D eigenvalue weighted by molar-refractivity contribution is -0.124. The number of carbonyl (C=O) groups is 1. The van der Waals surface area contributed by atoms with Gasteiger partial charge >= 0.3 is 0 Å². The van der Waals surface area contributed by atoms with Crippen LogP contribution in [-0.2, 0) is 4.79 Å². The third-order valence-corrected chi connectivity index (χ3v) is 7.80. The van der Waals surface area contributed by atoms with E-state index in [1.165, 1.54) is 5.57 Å². The van der Waals surface area contributed by atoms with Gasteiger partial charge in [-0.05, 0) is 80.2 Å². The van der Waals surface area contributed by atoms with E-state index in [9.17, 15) is 9.90 Å². The van der Waals surface area contributed by atoms with Crippen molar-refractivity contribution in [3.8, 4) is 0 Å². The predicted molar refractivity (Wildman–Crippen MR) is 121 cm³/mol. The summed E-state index contributed by atoms with van der Waals surface area (Å²) in [7, 11) is 0. The number of hydrogen-bond donors (Lipinski definition) is 2. The van der Waals surface area contributed by atoms with E-state index in [4.69, 9.17) is 0 Å². The van der Waals surface area contributed by atoms with E-state index in [0.717, 1.165) is 49.8 Å². The summed E-state index contributed by atoms with van der Waals surface area (Å²) in [6.45, 7) is 13.4. The first-order valence-corrected chi connectivity index (χ1v) is 11.0. The highest BCUT2D eigenvalue weighted by Gasteiger charge is 2.55. The maximum absolute atomic E-state index is 12.3. The monoisotopic (exact) mass is 395 g/mol. The van der Waals surface area contributed by atoms with Crippen LogP contribution in [0.1, 0.15) is 66.2 Å². The molecule has 2 fully saturated rings. The van der Waals surface area contributed by atoms with Crippen molar-refractivity contribution >= 4 is 11.6 Å². The number of hydrogen-bond acceptors (Lipinski definition) is 2. The Bertz CT molecular complexity index is 779. The van der Waals surface area contributed by atoms with Gasteiger partial charge in [-0.15, -0.1) is 0 Å². The second-order valence-electron chi connectivity index (χ2n) is 10.1. The van der Waals surface area contributed by atoms with E-state index in [1.807, 2.05) is 37.3 Å². The maximum atomic E-state index is 12.3. The number of fused-ring (bicyclic) bond motifs is 1. The molecule has 2 aliphatic carbocycles. The number of para-hydroxylation sites is 1. The Morgan fingerprint density at radius 2 is 1.93 bits per heavy atom. The highest BCUT2D eigenvalue weighted by atomic mass is 16.3. The van der Waals surface area contributed by atoms with Crippen LogP contribution in [0.25, 0.3) is 0 Å². The van der Waals surface area contributed by atoms with Crippen molar-refractivity contribution in [3.05, 3.63) is 54.1 Å². The van der Waals surface area contributed by atoms with Crippen molar-refractivity contribution in [2.45, 2.75) is 72.3 Å². The molecule has 0 radical (unpaired) electrons. The number of carbonyl (C=O) groups excluding carboxylic acids is 1. The van der Waals surface area contributed by atoms with E-state index < -0.39 is 0 Å². The zero-order valence-electron chi connectivity index (χ0n) is 18.5. The summed E-state index contributed by atoms with van der Waals surface area (Å²) in [5.74, 6) is 0.899. The summed E-state index contributed by atoms with van der Waals surface area (Å²) in [5, 5.41) is 13.5. The van der Waals surface area contributed by atoms with Crippen LogP contribution in [0.15, 0.2) is 54.1 Å². The molecule has 158 valence electrons. The van der Waals surface area contributed by atoms with E-state index in [2.05, 4.69) is 32.7 Å². The number of anilines is 1. The molecular weight excluding hydrogens is 358 g/mol. The molecule has 1 amide bonds. The fourth-order valence-electron chi connectivity index (χ4n) is 6.07. The van der Waals surface area contributed by atoms with Gasteiger partial charge in [-0.3, -0.25) is 4.79 Å². The van der Waals surface area contributed by atoms with Crippen LogP contribution < -0.4 is 5.32 Å². The van der Waals surface area contributed by atoms with Gasteiger partial charge in [-0.25, -0.2) is 0 Å². The average molecular weight is 396 g/mol. The first kappa shape index (κ1) is 21.8. The number of allylic oxidation sites excluding steroid dienone is 2. The van der Waals surface area contributed by atoms with Crippen LogP contribution >= 0.6 is 0 Å². The fraction of sp³-hybridized carbons (Fsp3) is 0.577. The van der Waals surface area contributed by atoms with Gasteiger partial charge in [0.2, 0.25) is 5.91 Å². The Labute approximate surface area is 176 Å². The minimum atomic E-state index is -0.212. The molecule has 29 heavy (non-hydrogen) atoms. The van der Waals surface area contributed by atoms with Crippen molar-refractivity contribution in [1.29, 1.82) is 0 Å². The third-order valence-electron chi connectivity index (χ3n) is 7.80. The Kier molecular flexibility index (Phi) is 6.38. The molecule has 0 heterocycles. The van der Waals surface area contributed by atoms with Gasteiger partial charge in [-0.2, -0.15) is 0 Å². The van der Waals surface area contributed by atoms with Crippen molar-refractivity contribution in [2.75, 3.05) is 5.32 Å². The molecular formula is C26H37NO2. The summed E-state index contributed by atoms with van der Waals surface area (Å²) < 4.78 is 0. The maximum Gasteiger partial charge on any atom is 0.248 e. The highest BCUT2D eigenvalue weighted by molar-refractivity contribution is 5.99. The van der Waals surface area contributed by atoms with Gasteiger partial charge < -0.3 is 10.4 Å². The molecule has 0 aromatic heterocycles. The van der Waals surface area contributed by atoms with Crippen LogP contribution in [0.3, 0.4) is 0 Å². The van der Waals surface area contributed by atoms with Crippen LogP contribution in [0.5, 0.6) is 0 Å². The number of rotatable bonds is 5. The Morgan fingerprint density at radius 1 is 1.24 bits per heavy atom. The molecule has 3 heteroatoms. The number of amides is 1. The summed E-state index contributed by atoms with van der Waals surface area (Å²) in [5.41, 5.74) is 3.42. The summed E-state index contributed by atoms with van der Waals surface area (Å²) in [4.78, 5) is 12.3. The van der Waals surface area contributed by atoms with Crippen LogP contribution in [0.2, 0.25) is 0 Å². The lowest BCUT2D eigenvalue weighted by Crippen LogP contribution is -2.54. The largest absolute Gasteiger partial charge is 0.393 e. The Morgan fingerprint density at radius 3 is 2.62 bits per heavy atom. The van der Waals surface area contributed by atoms with E-state index >= 15 is 0 Å². The molecule has 1 aromatic rings. The topological polar surface area (TPSA) is 49.3 Å². The van der Waals surface area contributed by atoms with E-state index in [1.54, 1.807) is 6.08 Å². The molecule has 2 aliphatic rings. The average Bonchev–Trinajstić information content (AvgIpc) is 2.65. The van der Waals surface area contributed by atoms with Crippen molar-refractivity contribution in [2.24, 2.45) is 22.7 Å². The van der Waals surface area contributed by atoms with Crippen LogP contribution in [0, 0.1) is 22.7 Å². The minimum absolute atomic E-state index is 0.0492. The second-order valence-corrected chi connectivity index (χ2v) is 10.1. The standard InChI is InChI=1S/C26H37NO2/c1-18(17-24(29)27-20-9-7-6-8-10-20)11-13-21-19(2)12-14-22-25(3,4)23(28)15-16-26(21,22)5/h6-10,17,21-23,28H,2,11-16H2,1,3-5H3,(H,27,29)/b18-17+/t21-,22-,23-,26+/m1/s1. The van der Waals surface area contributed by atoms with Gasteiger partial charge in [-0.1, -0.05) is 56.7 Å². The Hall–Kier alpha value is -1.87. The molecule has 0 saturated heterocycles. The molecule has 0 spiro atoms. The highest BCUT2D eigenvalue weighted by Crippen LogP contribution is 2.61. The zero-order valence-corrected chi connectivity index (χ0v) is 18.5. The number of aliphatic hydroxyl groups excluding tert-OH is 1. The number of benzene rings is 1.